The van der Waals surface area contributed by atoms with Crippen LogP contribution in [0.1, 0.15) is 27.2 Å². The molecule has 0 radical (unpaired) electrons. The molecule has 0 aromatic heterocycles. The molecule has 0 heterocycles. The predicted molar refractivity (Wildman–Crippen MR) is 52.2 cm³/mol. The van der Waals surface area contributed by atoms with Gasteiger partial charge in [-0.05, 0) is 33.1 Å². The van der Waals surface area contributed by atoms with Crippen molar-refractivity contribution in [3.8, 4) is 0 Å². The van der Waals surface area contributed by atoms with Gasteiger partial charge in [0.15, 0.2) is 0 Å². The van der Waals surface area contributed by atoms with Gasteiger partial charge in [0.2, 0.25) is 0 Å². The van der Waals surface area contributed by atoms with E-state index in [1.165, 1.54) is 0 Å². The lowest BCUT2D eigenvalue weighted by Gasteiger charge is -2.19. The molecule has 0 amide bonds. The minimum atomic E-state index is -0.187. The average Bonchev–Trinajstić information content (AvgIpc) is 1.85. The normalized spacial score (nSPS) is 15.0. The zero-order chi connectivity index (χ0) is 8.91. The summed E-state index contributed by atoms with van der Waals surface area (Å²) in [5.74, 6) is 0. The molecule has 0 aliphatic carbocycles. The second-order valence-corrected chi connectivity index (χ2v) is 5.66. The van der Waals surface area contributed by atoms with E-state index in [9.17, 15) is 0 Å². The molecule has 0 saturated heterocycles. The van der Waals surface area contributed by atoms with Gasteiger partial charge in [0, 0.05) is 13.7 Å². The molecule has 0 aliphatic heterocycles. The number of hydrogen-bond acceptors (Lipinski definition) is 2. The molecule has 0 aromatic carbocycles. The van der Waals surface area contributed by atoms with Crippen molar-refractivity contribution < 1.29 is 4.52 Å². The summed E-state index contributed by atoms with van der Waals surface area (Å²) in [7, 11) is -0.187. The zero-order valence-corrected chi connectivity index (χ0v) is 8.95. The second-order valence-electron chi connectivity index (χ2n) is 3.52. The summed E-state index contributed by atoms with van der Waals surface area (Å²) in [5.41, 5.74) is 5.71. The van der Waals surface area contributed by atoms with Crippen LogP contribution >= 0.6 is 8.15 Å². The van der Waals surface area contributed by atoms with Crippen LogP contribution in [0.3, 0.4) is 0 Å². The van der Waals surface area contributed by atoms with Gasteiger partial charge in [-0.1, -0.05) is 6.92 Å². The molecular formula is C8H20NOP. The summed E-state index contributed by atoms with van der Waals surface area (Å²) in [6.45, 7) is 9.16. The monoisotopic (exact) mass is 177 g/mol. The van der Waals surface area contributed by atoms with E-state index in [2.05, 4.69) is 13.6 Å². The Hall–Kier alpha value is 0.350. The Morgan fingerprint density at radius 3 is 2.36 bits per heavy atom. The maximum absolute atomic E-state index is 5.79. The van der Waals surface area contributed by atoms with Gasteiger partial charge in [0.25, 0.3) is 0 Å². The third kappa shape index (κ3) is 8.25. The molecule has 1 unspecified atom stereocenters. The Morgan fingerprint density at radius 2 is 2.00 bits per heavy atom. The highest BCUT2D eigenvalue weighted by molar-refractivity contribution is 7.51. The third-order valence-corrected chi connectivity index (χ3v) is 3.02. The van der Waals surface area contributed by atoms with E-state index in [0.29, 0.717) is 0 Å². The van der Waals surface area contributed by atoms with Gasteiger partial charge in [-0.3, -0.25) is 0 Å². The van der Waals surface area contributed by atoms with Crippen molar-refractivity contribution in [2.75, 3.05) is 19.4 Å². The van der Waals surface area contributed by atoms with Gasteiger partial charge < -0.3 is 10.3 Å². The van der Waals surface area contributed by atoms with Crippen molar-refractivity contribution >= 4 is 8.15 Å². The minimum Gasteiger partial charge on any atom is -0.359 e. The van der Waals surface area contributed by atoms with E-state index in [1.54, 1.807) is 0 Å². The van der Waals surface area contributed by atoms with Gasteiger partial charge in [0.1, 0.15) is 0 Å². The van der Waals surface area contributed by atoms with Gasteiger partial charge in [-0.2, -0.15) is 0 Å². The van der Waals surface area contributed by atoms with E-state index in [0.717, 1.165) is 19.2 Å². The molecule has 1 atom stereocenters. The summed E-state index contributed by atoms with van der Waals surface area (Å²) < 4.78 is 5.55. The van der Waals surface area contributed by atoms with Crippen LogP contribution in [0.15, 0.2) is 0 Å². The molecule has 68 valence electrons. The summed E-state index contributed by atoms with van der Waals surface area (Å²) in [5, 5.41) is 0. The third-order valence-electron chi connectivity index (χ3n) is 1.50. The highest BCUT2D eigenvalue weighted by Crippen LogP contribution is 2.31. The lowest BCUT2D eigenvalue weighted by atomic mass is 10.0. The van der Waals surface area contributed by atoms with Crippen molar-refractivity contribution in [1.82, 2.24) is 0 Å². The molecular weight excluding hydrogens is 157 g/mol. The molecule has 0 fully saturated rings. The lowest BCUT2D eigenvalue weighted by molar-refractivity contribution is 0.300. The van der Waals surface area contributed by atoms with Crippen LogP contribution in [0.2, 0.25) is 0 Å². The quantitative estimate of drug-likeness (QED) is 0.653. The Kier molecular flexibility index (Phi) is 5.24. The first-order chi connectivity index (χ1) is 4.95. The van der Waals surface area contributed by atoms with Crippen LogP contribution in [-0.2, 0) is 4.52 Å². The van der Waals surface area contributed by atoms with E-state index in [4.69, 9.17) is 10.3 Å². The smallest absolute Gasteiger partial charge is 0.0526 e. The topological polar surface area (TPSA) is 35.2 Å². The summed E-state index contributed by atoms with van der Waals surface area (Å²) >= 11 is 0. The number of rotatable bonds is 5. The van der Waals surface area contributed by atoms with Crippen molar-refractivity contribution in [2.45, 2.75) is 32.7 Å². The van der Waals surface area contributed by atoms with Crippen molar-refractivity contribution in [3.63, 3.8) is 0 Å². The second kappa shape index (κ2) is 5.08. The number of hydrogen-bond donors (Lipinski definition) is 1. The molecule has 0 bridgehead atoms. The van der Waals surface area contributed by atoms with Crippen LogP contribution in [0.4, 0.5) is 0 Å². The van der Waals surface area contributed by atoms with E-state index < -0.39 is 0 Å². The van der Waals surface area contributed by atoms with E-state index in [-0.39, 0.29) is 13.7 Å². The fourth-order valence-corrected chi connectivity index (χ4v) is 1.14. The zero-order valence-electron chi connectivity index (χ0n) is 8.05. The van der Waals surface area contributed by atoms with Crippen LogP contribution in [0.25, 0.3) is 0 Å². The SMILES string of the molecule is CCP(C)OCCC(C)(C)N. The number of nitrogens with two attached hydrogens (primary N) is 1. The van der Waals surface area contributed by atoms with E-state index >= 15 is 0 Å². The first-order valence-electron chi connectivity index (χ1n) is 4.08. The summed E-state index contributed by atoms with van der Waals surface area (Å²) in [4.78, 5) is 0. The van der Waals surface area contributed by atoms with Crippen LogP contribution in [0.5, 0.6) is 0 Å². The highest BCUT2D eigenvalue weighted by atomic mass is 31.1. The molecule has 0 aliphatic rings. The molecule has 0 spiro atoms. The standard InChI is InChI=1S/C8H20NOP/c1-5-11(4)10-7-6-8(2,3)9/h5-7,9H2,1-4H3. The fourth-order valence-electron chi connectivity index (χ4n) is 0.556. The largest absolute Gasteiger partial charge is 0.359 e. The first-order valence-corrected chi connectivity index (χ1v) is 5.98. The molecule has 0 saturated carbocycles. The first kappa shape index (κ1) is 11.4. The van der Waals surface area contributed by atoms with Gasteiger partial charge >= 0.3 is 0 Å². The molecule has 0 aromatic rings. The van der Waals surface area contributed by atoms with Gasteiger partial charge in [-0.25, -0.2) is 0 Å². The van der Waals surface area contributed by atoms with Crippen molar-refractivity contribution in [3.05, 3.63) is 0 Å². The Balaban J connectivity index is 3.28. The van der Waals surface area contributed by atoms with Crippen molar-refractivity contribution in [1.29, 1.82) is 0 Å². The van der Waals surface area contributed by atoms with Gasteiger partial charge in [0.05, 0.1) is 6.61 Å². The maximum Gasteiger partial charge on any atom is 0.0526 e. The Labute approximate surface area is 71.3 Å². The molecule has 2 N–H and O–H groups in total. The maximum atomic E-state index is 5.79. The van der Waals surface area contributed by atoms with E-state index in [1.807, 2.05) is 13.8 Å². The predicted octanol–water partition coefficient (Wildman–Crippen LogP) is 2.18. The molecule has 11 heavy (non-hydrogen) atoms. The average molecular weight is 177 g/mol. The Morgan fingerprint density at radius 1 is 1.45 bits per heavy atom. The van der Waals surface area contributed by atoms with Crippen LogP contribution in [0, 0.1) is 0 Å². The van der Waals surface area contributed by atoms with Crippen LogP contribution in [-0.4, -0.2) is 25.0 Å². The van der Waals surface area contributed by atoms with Crippen molar-refractivity contribution in [2.24, 2.45) is 5.73 Å². The summed E-state index contributed by atoms with van der Waals surface area (Å²) in [6.07, 6.45) is 2.08. The Bertz CT molecular complexity index is 101. The fraction of sp³-hybridized carbons (Fsp3) is 1.00. The molecule has 2 nitrogen and oxygen atoms in total. The highest BCUT2D eigenvalue weighted by Gasteiger charge is 2.10. The van der Waals surface area contributed by atoms with Crippen LogP contribution < -0.4 is 5.73 Å². The van der Waals surface area contributed by atoms with Gasteiger partial charge in [-0.15, -0.1) is 0 Å². The molecule has 3 heteroatoms. The minimum absolute atomic E-state index is 0.0794. The molecule has 0 rings (SSSR count). The summed E-state index contributed by atoms with van der Waals surface area (Å²) in [6, 6.07) is 0. The lowest BCUT2D eigenvalue weighted by Crippen LogP contribution is -2.32.